The van der Waals surface area contributed by atoms with Gasteiger partial charge in [-0.1, -0.05) is 24.3 Å². The minimum Gasteiger partial charge on any atom is -0.347 e. The standard InChI is InChI=1S/C19H19N3S2/c1-14-6-2-3-7-15(14)20-19(23)22-12-11-21-10-4-8-16(21)18(22)17-9-5-13-24-17/h2-10,13,18H,11-12H2,1H3,(H,20,23). The van der Waals surface area contributed by atoms with Gasteiger partial charge in [0.15, 0.2) is 5.11 Å². The van der Waals surface area contributed by atoms with Crippen LogP contribution in [0.5, 0.6) is 0 Å². The first-order valence-electron chi connectivity index (χ1n) is 8.06. The molecule has 2 aromatic heterocycles. The summed E-state index contributed by atoms with van der Waals surface area (Å²) in [5.41, 5.74) is 3.58. The van der Waals surface area contributed by atoms with Crippen molar-refractivity contribution in [2.45, 2.75) is 19.5 Å². The normalized spacial score (nSPS) is 16.7. The predicted octanol–water partition coefficient (Wildman–Crippen LogP) is 4.66. The molecular weight excluding hydrogens is 334 g/mol. The largest absolute Gasteiger partial charge is 0.347 e. The maximum Gasteiger partial charge on any atom is 0.174 e. The van der Waals surface area contributed by atoms with Crippen LogP contribution in [0.4, 0.5) is 5.69 Å². The highest BCUT2D eigenvalue weighted by molar-refractivity contribution is 7.80. The van der Waals surface area contributed by atoms with Crippen LogP contribution in [0.25, 0.3) is 0 Å². The fourth-order valence-electron chi connectivity index (χ4n) is 3.25. The summed E-state index contributed by atoms with van der Waals surface area (Å²) in [6.45, 7) is 3.96. The van der Waals surface area contributed by atoms with Crippen molar-refractivity contribution < 1.29 is 0 Å². The number of nitrogens with one attached hydrogen (secondary N) is 1. The van der Waals surface area contributed by atoms with Crippen molar-refractivity contribution >= 4 is 34.4 Å². The first kappa shape index (κ1) is 15.4. The van der Waals surface area contributed by atoms with E-state index >= 15 is 0 Å². The van der Waals surface area contributed by atoms with Gasteiger partial charge in [0.2, 0.25) is 0 Å². The Morgan fingerprint density at radius 3 is 2.79 bits per heavy atom. The van der Waals surface area contributed by atoms with E-state index in [1.54, 1.807) is 11.3 Å². The topological polar surface area (TPSA) is 20.2 Å². The molecule has 0 saturated heterocycles. The Balaban J connectivity index is 1.66. The third-order valence-electron chi connectivity index (χ3n) is 4.50. The summed E-state index contributed by atoms with van der Waals surface area (Å²) in [6, 6.07) is 17.1. The monoisotopic (exact) mass is 353 g/mol. The molecule has 24 heavy (non-hydrogen) atoms. The maximum absolute atomic E-state index is 5.78. The smallest absolute Gasteiger partial charge is 0.174 e. The minimum atomic E-state index is 0.178. The van der Waals surface area contributed by atoms with Gasteiger partial charge < -0.3 is 14.8 Å². The van der Waals surface area contributed by atoms with Crippen LogP contribution in [0.2, 0.25) is 0 Å². The fourth-order valence-corrected chi connectivity index (χ4v) is 4.40. The molecule has 3 heterocycles. The number of fused-ring (bicyclic) bond motifs is 1. The van der Waals surface area contributed by atoms with Crippen molar-refractivity contribution in [2.24, 2.45) is 0 Å². The molecule has 5 heteroatoms. The maximum atomic E-state index is 5.78. The molecule has 122 valence electrons. The Kier molecular flexibility index (Phi) is 4.12. The first-order chi connectivity index (χ1) is 11.7. The van der Waals surface area contributed by atoms with Crippen molar-refractivity contribution in [2.75, 3.05) is 11.9 Å². The Bertz CT molecular complexity index is 851. The van der Waals surface area contributed by atoms with Gasteiger partial charge in [0.25, 0.3) is 0 Å². The molecule has 0 fully saturated rings. The van der Waals surface area contributed by atoms with Crippen LogP contribution >= 0.6 is 23.6 Å². The highest BCUT2D eigenvalue weighted by atomic mass is 32.1. The number of thiophene rings is 1. The number of rotatable bonds is 2. The van der Waals surface area contributed by atoms with Crippen LogP contribution in [0.15, 0.2) is 60.1 Å². The first-order valence-corrected chi connectivity index (χ1v) is 9.34. The number of hydrogen-bond acceptors (Lipinski definition) is 2. The van der Waals surface area contributed by atoms with Gasteiger partial charge in [-0.05, 0) is 54.4 Å². The van der Waals surface area contributed by atoms with E-state index in [0.717, 1.165) is 23.9 Å². The lowest BCUT2D eigenvalue weighted by molar-refractivity contribution is 0.297. The molecule has 1 aromatic carbocycles. The number of benzene rings is 1. The summed E-state index contributed by atoms with van der Waals surface area (Å²) in [7, 11) is 0. The number of nitrogens with zero attached hydrogens (tertiary/aromatic N) is 2. The quantitative estimate of drug-likeness (QED) is 0.677. The van der Waals surface area contributed by atoms with Gasteiger partial charge in [-0.15, -0.1) is 11.3 Å². The number of hydrogen-bond donors (Lipinski definition) is 1. The average Bonchev–Trinajstić information content (AvgIpc) is 3.27. The molecule has 3 nitrogen and oxygen atoms in total. The van der Waals surface area contributed by atoms with E-state index in [-0.39, 0.29) is 6.04 Å². The molecule has 1 N–H and O–H groups in total. The molecule has 4 rings (SSSR count). The van der Waals surface area contributed by atoms with Crippen molar-refractivity contribution in [1.29, 1.82) is 0 Å². The molecule has 1 aliphatic heterocycles. The highest BCUT2D eigenvalue weighted by Crippen LogP contribution is 2.35. The zero-order valence-electron chi connectivity index (χ0n) is 13.5. The number of anilines is 1. The average molecular weight is 354 g/mol. The molecule has 0 aliphatic carbocycles. The zero-order valence-corrected chi connectivity index (χ0v) is 15.1. The number of aromatic nitrogens is 1. The van der Waals surface area contributed by atoms with Crippen molar-refractivity contribution in [3.05, 3.63) is 76.2 Å². The molecule has 0 spiro atoms. The Morgan fingerprint density at radius 1 is 1.12 bits per heavy atom. The summed E-state index contributed by atoms with van der Waals surface area (Å²) in [5.74, 6) is 0. The second-order valence-corrected chi connectivity index (χ2v) is 7.35. The molecule has 0 radical (unpaired) electrons. The van der Waals surface area contributed by atoms with Crippen LogP contribution in [0.1, 0.15) is 22.2 Å². The minimum absolute atomic E-state index is 0.178. The summed E-state index contributed by atoms with van der Waals surface area (Å²) in [5, 5.41) is 6.37. The van der Waals surface area contributed by atoms with Crippen LogP contribution in [0, 0.1) is 6.92 Å². The van der Waals surface area contributed by atoms with Gasteiger partial charge in [-0.25, -0.2) is 0 Å². The summed E-state index contributed by atoms with van der Waals surface area (Å²) in [4.78, 5) is 3.63. The van der Waals surface area contributed by atoms with E-state index in [4.69, 9.17) is 12.2 Å². The fraction of sp³-hybridized carbons (Fsp3) is 0.211. The lowest BCUT2D eigenvalue weighted by Gasteiger charge is -2.38. The number of para-hydroxylation sites is 1. The van der Waals surface area contributed by atoms with E-state index in [2.05, 4.69) is 69.7 Å². The molecule has 1 atom stereocenters. The second kappa shape index (κ2) is 6.42. The Hall–Kier alpha value is -2.11. The molecule has 1 unspecified atom stereocenters. The van der Waals surface area contributed by atoms with Gasteiger partial charge in [0.05, 0.1) is 0 Å². The van der Waals surface area contributed by atoms with E-state index in [1.807, 2.05) is 12.1 Å². The van der Waals surface area contributed by atoms with Crippen LogP contribution in [0.3, 0.4) is 0 Å². The van der Waals surface area contributed by atoms with E-state index in [9.17, 15) is 0 Å². The third-order valence-corrected chi connectivity index (χ3v) is 5.76. The summed E-state index contributed by atoms with van der Waals surface area (Å²) < 4.78 is 2.33. The predicted molar refractivity (Wildman–Crippen MR) is 105 cm³/mol. The molecule has 1 aliphatic rings. The molecule has 0 bridgehead atoms. The summed E-state index contributed by atoms with van der Waals surface area (Å²) in [6.07, 6.45) is 2.16. The van der Waals surface area contributed by atoms with Crippen LogP contribution < -0.4 is 5.32 Å². The lowest BCUT2D eigenvalue weighted by atomic mass is 10.1. The van der Waals surface area contributed by atoms with Gasteiger partial charge in [0, 0.05) is 35.5 Å². The van der Waals surface area contributed by atoms with Gasteiger partial charge in [0.1, 0.15) is 6.04 Å². The molecular formula is C19H19N3S2. The van der Waals surface area contributed by atoms with Crippen LogP contribution in [-0.4, -0.2) is 21.1 Å². The molecule has 0 saturated carbocycles. The molecule has 0 amide bonds. The SMILES string of the molecule is Cc1ccccc1NC(=S)N1CCn2cccc2C1c1cccs1. The highest BCUT2D eigenvalue weighted by Gasteiger charge is 2.31. The number of thiocarbonyl (C=S) groups is 1. The third kappa shape index (κ3) is 2.74. The van der Waals surface area contributed by atoms with E-state index in [1.165, 1.54) is 16.1 Å². The van der Waals surface area contributed by atoms with Gasteiger partial charge in [-0.2, -0.15) is 0 Å². The number of aryl methyl sites for hydroxylation is 1. The zero-order chi connectivity index (χ0) is 16.5. The second-order valence-electron chi connectivity index (χ2n) is 5.98. The van der Waals surface area contributed by atoms with Gasteiger partial charge in [-0.3, -0.25) is 0 Å². The van der Waals surface area contributed by atoms with Crippen molar-refractivity contribution in [3.63, 3.8) is 0 Å². The Morgan fingerprint density at radius 2 is 2.00 bits per heavy atom. The van der Waals surface area contributed by atoms with Gasteiger partial charge >= 0.3 is 0 Å². The summed E-state index contributed by atoms with van der Waals surface area (Å²) >= 11 is 7.56. The molecule has 3 aromatic rings. The van der Waals surface area contributed by atoms with E-state index in [0.29, 0.717) is 0 Å². The van der Waals surface area contributed by atoms with Crippen LogP contribution in [-0.2, 0) is 6.54 Å². The van der Waals surface area contributed by atoms with E-state index < -0.39 is 0 Å². The lowest BCUT2D eigenvalue weighted by Crippen LogP contribution is -2.44. The Labute approximate surface area is 151 Å². The van der Waals surface area contributed by atoms with Crippen molar-refractivity contribution in [1.82, 2.24) is 9.47 Å². The van der Waals surface area contributed by atoms with Crippen molar-refractivity contribution in [3.8, 4) is 0 Å².